The van der Waals surface area contributed by atoms with Crippen LogP contribution in [0.3, 0.4) is 0 Å². The number of carbonyl (C=O) groups excluding carboxylic acids is 1. The number of nitrogens with zero attached hydrogens (tertiary/aromatic N) is 2. The van der Waals surface area contributed by atoms with Gasteiger partial charge in [-0.25, -0.2) is 4.79 Å². The molecule has 1 aromatic carbocycles. The fourth-order valence-electron chi connectivity index (χ4n) is 2.64. The van der Waals surface area contributed by atoms with Crippen LogP contribution < -0.4 is 20.5 Å². The Morgan fingerprint density at radius 1 is 1.26 bits per heavy atom. The van der Waals surface area contributed by atoms with E-state index in [1.807, 2.05) is 26.8 Å². The average Bonchev–Trinajstić information content (AvgIpc) is 2.56. The quantitative estimate of drug-likeness (QED) is 0.782. The molecule has 27 heavy (non-hydrogen) atoms. The lowest BCUT2D eigenvalue weighted by Gasteiger charge is -2.16. The molecule has 0 spiro atoms. The zero-order valence-corrected chi connectivity index (χ0v) is 16.9. The third kappa shape index (κ3) is 5.23. The molecule has 1 aromatic heterocycles. The summed E-state index contributed by atoms with van der Waals surface area (Å²) in [5.74, 6) is 0.537. The van der Waals surface area contributed by atoms with Gasteiger partial charge in [0.05, 0.1) is 23.8 Å². The summed E-state index contributed by atoms with van der Waals surface area (Å²) in [6.07, 6.45) is -0.0562. The Kier molecular flexibility index (Phi) is 6.85. The fourth-order valence-corrected chi connectivity index (χ4v) is 2.88. The highest BCUT2D eigenvalue weighted by Gasteiger charge is 2.17. The second-order valence-electron chi connectivity index (χ2n) is 6.38. The predicted octanol–water partition coefficient (Wildman–Crippen LogP) is 2.74. The molecule has 0 aliphatic heterocycles. The molecule has 0 bridgehead atoms. The topological polar surface area (TPSA) is 82.5 Å². The third-order valence-electron chi connectivity index (χ3n) is 3.83. The van der Waals surface area contributed by atoms with Crippen molar-refractivity contribution in [2.24, 2.45) is 0 Å². The standard InChI is InChI=1S/C19H24ClN3O4/c1-11(2)27-17-10-15(20)14(9-16(17)26-5)18(24)21-6-7-23-13(4)8-12(3)22-19(23)25/h8-11H,6-7H2,1-5H3,(H,21,24). The first-order valence-electron chi connectivity index (χ1n) is 8.60. The van der Waals surface area contributed by atoms with Gasteiger partial charge in [0.1, 0.15) is 0 Å². The molecule has 0 saturated carbocycles. The van der Waals surface area contributed by atoms with Crippen molar-refractivity contribution in [3.63, 3.8) is 0 Å². The maximum atomic E-state index is 12.5. The van der Waals surface area contributed by atoms with Crippen molar-refractivity contribution < 1.29 is 14.3 Å². The first-order valence-corrected chi connectivity index (χ1v) is 8.98. The number of ether oxygens (including phenoxy) is 2. The number of nitrogens with one attached hydrogen (secondary N) is 1. The minimum Gasteiger partial charge on any atom is -0.493 e. The maximum absolute atomic E-state index is 12.5. The number of amides is 1. The van der Waals surface area contributed by atoms with Gasteiger partial charge < -0.3 is 14.8 Å². The van der Waals surface area contributed by atoms with E-state index in [9.17, 15) is 9.59 Å². The Balaban J connectivity index is 2.11. The van der Waals surface area contributed by atoms with Crippen LogP contribution in [0.4, 0.5) is 0 Å². The Labute approximate surface area is 163 Å². The van der Waals surface area contributed by atoms with E-state index in [1.54, 1.807) is 19.1 Å². The Morgan fingerprint density at radius 3 is 2.56 bits per heavy atom. The largest absolute Gasteiger partial charge is 0.493 e. The SMILES string of the molecule is COc1cc(C(=O)NCCn2c(C)cc(C)nc2=O)c(Cl)cc1OC(C)C. The Morgan fingerprint density at radius 2 is 1.96 bits per heavy atom. The minimum absolute atomic E-state index is 0.0562. The summed E-state index contributed by atoms with van der Waals surface area (Å²) < 4.78 is 12.4. The molecule has 1 N–H and O–H groups in total. The molecule has 1 amide bonds. The van der Waals surface area contributed by atoms with Crippen molar-refractivity contribution in [1.82, 2.24) is 14.9 Å². The number of aryl methyl sites for hydroxylation is 2. The maximum Gasteiger partial charge on any atom is 0.348 e. The molecule has 0 saturated heterocycles. The van der Waals surface area contributed by atoms with Gasteiger partial charge in [-0.1, -0.05) is 11.6 Å². The highest BCUT2D eigenvalue weighted by atomic mass is 35.5. The van der Waals surface area contributed by atoms with E-state index in [-0.39, 0.29) is 34.8 Å². The first kappa shape index (κ1) is 20.8. The van der Waals surface area contributed by atoms with Gasteiger partial charge in [0, 0.05) is 30.5 Å². The van der Waals surface area contributed by atoms with Crippen LogP contribution in [0.15, 0.2) is 23.0 Å². The van der Waals surface area contributed by atoms with Crippen LogP contribution in [0.25, 0.3) is 0 Å². The molecule has 7 nitrogen and oxygen atoms in total. The van der Waals surface area contributed by atoms with Crippen LogP contribution >= 0.6 is 11.6 Å². The number of hydrogen-bond acceptors (Lipinski definition) is 5. The molecule has 2 rings (SSSR count). The van der Waals surface area contributed by atoms with Crippen molar-refractivity contribution in [1.29, 1.82) is 0 Å². The van der Waals surface area contributed by atoms with Crippen LogP contribution in [0, 0.1) is 13.8 Å². The molecule has 146 valence electrons. The van der Waals surface area contributed by atoms with Crippen LogP contribution in [-0.2, 0) is 6.54 Å². The van der Waals surface area contributed by atoms with Crippen molar-refractivity contribution in [2.45, 2.75) is 40.3 Å². The highest BCUT2D eigenvalue weighted by molar-refractivity contribution is 6.34. The van der Waals surface area contributed by atoms with Crippen molar-refractivity contribution in [2.75, 3.05) is 13.7 Å². The number of methoxy groups -OCH3 is 1. The number of rotatable bonds is 7. The van der Waals surface area contributed by atoms with Gasteiger partial charge in [0.15, 0.2) is 11.5 Å². The summed E-state index contributed by atoms with van der Waals surface area (Å²) in [7, 11) is 1.50. The van der Waals surface area contributed by atoms with Gasteiger partial charge in [-0.05, 0) is 39.8 Å². The van der Waals surface area contributed by atoms with Crippen LogP contribution in [0.5, 0.6) is 11.5 Å². The van der Waals surface area contributed by atoms with Crippen molar-refractivity contribution >= 4 is 17.5 Å². The molecule has 1 heterocycles. The zero-order chi connectivity index (χ0) is 20.1. The molecule has 0 atom stereocenters. The summed E-state index contributed by atoms with van der Waals surface area (Å²) in [4.78, 5) is 28.3. The summed E-state index contributed by atoms with van der Waals surface area (Å²) in [6, 6.07) is 4.92. The lowest BCUT2D eigenvalue weighted by molar-refractivity contribution is 0.0951. The van der Waals surface area contributed by atoms with E-state index in [2.05, 4.69) is 10.3 Å². The van der Waals surface area contributed by atoms with Gasteiger partial charge in [-0.2, -0.15) is 4.98 Å². The predicted molar refractivity (Wildman–Crippen MR) is 104 cm³/mol. The molecular formula is C19H24ClN3O4. The lowest BCUT2D eigenvalue weighted by Crippen LogP contribution is -2.33. The van der Waals surface area contributed by atoms with Crippen LogP contribution in [-0.4, -0.2) is 35.2 Å². The first-order chi connectivity index (χ1) is 12.7. The highest BCUT2D eigenvalue weighted by Crippen LogP contribution is 2.34. The summed E-state index contributed by atoms with van der Waals surface area (Å²) in [5.41, 5.74) is 1.39. The molecule has 0 aliphatic carbocycles. The second-order valence-corrected chi connectivity index (χ2v) is 6.79. The number of aromatic nitrogens is 2. The normalized spacial score (nSPS) is 10.8. The van der Waals surface area contributed by atoms with E-state index >= 15 is 0 Å². The molecule has 0 fully saturated rings. The van der Waals surface area contributed by atoms with Crippen LogP contribution in [0.1, 0.15) is 35.6 Å². The van der Waals surface area contributed by atoms with Gasteiger partial charge in [0.25, 0.3) is 5.91 Å². The Bertz CT molecular complexity index is 893. The minimum atomic E-state index is -0.361. The van der Waals surface area contributed by atoms with Gasteiger partial charge in [-0.3, -0.25) is 9.36 Å². The second kappa shape index (κ2) is 8.90. The van der Waals surface area contributed by atoms with Gasteiger partial charge in [0.2, 0.25) is 0 Å². The smallest absolute Gasteiger partial charge is 0.348 e. The number of benzene rings is 1. The van der Waals surface area contributed by atoms with E-state index in [4.69, 9.17) is 21.1 Å². The number of carbonyl (C=O) groups is 1. The van der Waals surface area contributed by atoms with E-state index in [1.165, 1.54) is 11.7 Å². The summed E-state index contributed by atoms with van der Waals surface area (Å²) in [6.45, 7) is 7.94. The van der Waals surface area contributed by atoms with Crippen LogP contribution in [0.2, 0.25) is 5.02 Å². The monoisotopic (exact) mass is 393 g/mol. The average molecular weight is 394 g/mol. The van der Waals surface area contributed by atoms with E-state index in [0.717, 1.165) is 5.69 Å². The summed E-state index contributed by atoms with van der Waals surface area (Å²) >= 11 is 6.24. The fraction of sp³-hybridized carbons (Fsp3) is 0.421. The summed E-state index contributed by atoms with van der Waals surface area (Å²) in [5, 5.41) is 3.02. The Hall–Kier alpha value is -2.54. The van der Waals surface area contributed by atoms with E-state index in [0.29, 0.717) is 23.7 Å². The molecule has 8 heteroatoms. The van der Waals surface area contributed by atoms with Crippen molar-refractivity contribution in [3.8, 4) is 11.5 Å². The lowest BCUT2D eigenvalue weighted by atomic mass is 10.2. The molecular weight excluding hydrogens is 370 g/mol. The van der Waals surface area contributed by atoms with Crippen molar-refractivity contribution in [3.05, 3.63) is 50.7 Å². The van der Waals surface area contributed by atoms with Gasteiger partial charge in [-0.15, -0.1) is 0 Å². The molecule has 0 radical (unpaired) electrons. The van der Waals surface area contributed by atoms with Gasteiger partial charge >= 0.3 is 5.69 Å². The zero-order valence-electron chi connectivity index (χ0n) is 16.1. The molecule has 0 unspecified atom stereocenters. The molecule has 2 aromatic rings. The third-order valence-corrected chi connectivity index (χ3v) is 4.14. The number of hydrogen-bond donors (Lipinski definition) is 1. The molecule has 0 aliphatic rings. The number of halogens is 1. The van der Waals surface area contributed by atoms with E-state index < -0.39 is 0 Å².